The van der Waals surface area contributed by atoms with Gasteiger partial charge in [0.1, 0.15) is 17.2 Å². The van der Waals surface area contributed by atoms with Crippen molar-refractivity contribution in [3.63, 3.8) is 0 Å². The molecule has 22 heavy (non-hydrogen) atoms. The molecule has 0 saturated carbocycles. The lowest BCUT2D eigenvalue weighted by Crippen LogP contribution is -1.93. The summed E-state index contributed by atoms with van der Waals surface area (Å²) in [5, 5.41) is 9.95. The molecule has 4 heteroatoms. The number of aromatic hydroxyl groups is 1. The zero-order valence-corrected chi connectivity index (χ0v) is 13.0. The predicted molar refractivity (Wildman–Crippen MR) is 88.8 cm³/mol. The second-order valence-electron chi connectivity index (χ2n) is 4.75. The van der Waals surface area contributed by atoms with E-state index >= 15 is 0 Å². The fourth-order valence-corrected chi connectivity index (χ4v) is 1.88. The molecule has 2 aromatic rings. The number of phenolic OH excluding ortho intramolecular Hbond substituents is 1. The van der Waals surface area contributed by atoms with Crippen molar-refractivity contribution in [2.45, 2.75) is 20.3 Å². The van der Waals surface area contributed by atoms with E-state index in [1.165, 1.54) is 0 Å². The van der Waals surface area contributed by atoms with Gasteiger partial charge < -0.3 is 14.6 Å². The monoisotopic (exact) mass is 299 g/mol. The summed E-state index contributed by atoms with van der Waals surface area (Å²) in [5.74, 6) is 1.64. The van der Waals surface area contributed by atoms with Crippen LogP contribution in [0.1, 0.15) is 25.8 Å². The SMILES string of the molecule is CCCOc1ccc(N=Cc2ccc(OCC)cc2O)cc1. The van der Waals surface area contributed by atoms with Crippen molar-refractivity contribution in [3.05, 3.63) is 48.0 Å². The lowest BCUT2D eigenvalue weighted by Gasteiger charge is -2.05. The molecule has 0 spiro atoms. The zero-order valence-electron chi connectivity index (χ0n) is 13.0. The molecule has 0 amide bonds. The summed E-state index contributed by atoms with van der Waals surface area (Å²) in [5.41, 5.74) is 1.45. The van der Waals surface area contributed by atoms with Crippen molar-refractivity contribution in [2.75, 3.05) is 13.2 Å². The van der Waals surface area contributed by atoms with Gasteiger partial charge in [0.2, 0.25) is 0 Å². The molecule has 1 N–H and O–H groups in total. The molecule has 0 unspecified atom stereocenters. The Morgan fingerprint density at radius 1 is 1.00 bits per heavy atom. The van der Waals surface area contributed by atoms with E-state index in [2.05, 4.69) is 11.9 Å². The highest BCUT2D eigenvalue weighted by atomic mass is 16.5. The van der Waals surface area contributed by atoms with Crippen LogP contribution >= 0.6 is 0 Å². The first-order valence-corrected chi connectivity index (χ1v) is 7.45. The van der Waals surface area contributed by atoms with E-state index in [9.17, 15) is 5.11 Å². The Bertz CT molecular complexity index is 621. The van der Waals surface area contributed by atoms with Crippen LogP contribution in [0.25, 0.3) is 0 Å². The third-order valence-corrected chi connectivity index (χ3v) is 2.98. The number of ether oxygens (including phenoxy) is 2. The van der Waals surface area contributed by atoms with Crippen LogP contribution in [0, 0.1) is 0 Å². The van der Waals surface area contributed by atoms with Gasteiger partial charge in [0.25, 0.3) is 0 Å². The Morgan fingerprint density at radius 3 is 2.36 bits per heavy atom. The van der Waals surface area contributed by atoms with Crippen LogP contribution in [0.15, 0.2) is 47.5 Å². The van der Waals surface area contributed by atoms with E-state index in [1.807, 2.05) is 37.3 Å². The maximum absolute atomic E-state index is 9.95. The van der Waals surface area contributed by atoms with E-state index < -0.39 is 0 Å². The molecule has 0 radical (unpaired) electrons. The van der Waals surface area contributed by atoms with E-state index in [0.29, 0.717) is 24.5 Å². The molecule has 0 aromatic heterocycles. The first-order chi connectivity index (χ1) is 10.7. The Morgan fingerprint density at radius 2 is 1.73 bits per heavy atom. The van der Waals surface area contributed by atoms with Crippen molar-refractivity contribution in [1.82, 2.24) is 0 Å². The molecule has 0 fully saturated rings. The minimum absolute atomic E-state index is 0.151. The van der Waals surface area contributed by atoms with Crippen molar-refractivity contribution in [2.24, 2.45) is 4.99 Å². The molecule has 0 aliphatic carbocycles. The highest BCUT2D eigenvalue weighted by Crippen LogP contribution is 2.23. The summed E-state index contributed by atoms with van der Waals surface area (Å²) < 4.78 is 10.9. The van der Waals surface area contributed by atoms with Crippen LogP contribution in [0.3, 0.4) is 0 Å². The lowest BCUT2D eigenvalue weighted by molar-refractivity contribution is 0.317. The molecule has 0 saturated heterocycles. The van der Waals surface area contributed by atoms with Gasteiger partial charge in [-0.1, -0.05) is 6.92 Å². The standard InChI is InChI=1S/C18H21NO3/c1-3-11-22-16-9-6-15(7-10-16)19-13-14-5-8-17(21-4-2)12-18(14)20/h5-10,12-13,20H,3-4,11H2,1-2H3. The molecule has 4 nitrogen and oxygen atoms in total. The van der Waals surface area contributed by atoms with Crippen molar-refractivity contribution < 1.29 is 14.6 Å². The fourth-order valence-electron chi connectivity index (χ4n) is 1.88. The van der Waals surface area contributed by atoms with Gasteiger partial charge in [0.05, 0.1) is 18.9 Å². The second-order valence-corrected chi connectivity index (χ2v) is 4.75. The third kappa shape index (κ3) is 4.52. The number of rotatable bonds is 7. The molecular weight excluding hydrogens is 278 g/mol. The highest BCUT2D eigenvalue weighted by Gasteiger charge is 2.01. The van der Waals surface area contributed by atoms with E-state index in [4.69, 9.17) is 9.47 Å². The van der Waals surface area contributed by atoms with Crippen molar-refractivity contribution in [1.29, 1.82) is 0 Å². The van der Waals surface area contributed by atoms with Crippen LogP contribution in [-0.2, 0) is 0 Å². The quantitative estimate of drug-likeness (QED) is 0.774. The summed E-state index contributed by atoms with van der Waals surface area (Å²) in [4.78, 5) is 4.35. The number of hydrogen-bond donors (Lipinski definition) is 1. The second kappa shape index (κ2) is 8.08. The Labute approximate surface area is 131 Å². The van der Waals surface area contributed by atoms with Crippen LogP contribution in [0.5, 0.6) is 17.2 Å². The molecule has 0 atom stereocenters. The Balaban J connectivity index is 2.05. The number of hydrogen-bond acceptors (Lipinski definition) is 4. The van der Waals surface area contributed by atoms with Crippen LogP contribution in [-0.4, -0.2) is 24.5 Å². The maximum atomic E-state index is 9.95. The molecule has 0 aliphatic rings. The topological polar surface area (TPSA) is 51.0 Å². The van der Waals surface area contributed by atoms with Gasteiger partial charge in [-0.3, -0.25) is 4.99 Å². The van der Waals surface area contributed by atoms with Gasteiger partial charge in [0.15, 0.2) is 0 Å². The molecular formula is C18H21NO3. The molecule has 116 valence electrons. The fraction of sp³-hybridized carbons (Fsp3) is 0.278. The molecule has 0 aliphatic heterocycles. The van der Waals surface area contributed by atoms with Crippen molar-refractivity contribution >= 4 is 11.9 Å². The Hall–Kier alpha value is -2.49. The van der Waals surface area contributed by atoms with E-state index in [1.54, 1.807) is 18.3 Å². The van der Waals surface area contributed by atoms with Crippen LogP contribution < -0.4 is 9.47 Å². The Kier molecular flexibility index (Phi) is 5.83. The predicted octanol–water partition coefficient (Wildman–Crippen LogP) is 4.33. The number of aliphatic imine (C=N–C) groups is 1. The van der Waals surface area contributed by atoms with Gasteiger partial charge in [-0.25, -0.2) is 0 Å². The van der Waals surface area contributed by atoms with Gasteiger partial charge in [-0.15, -0.1) is 0 Å². The summed E-state index contributed by atoms with van der Waals surface area (Å²) in [6, 6.07) is 12.7. The zero-order chi connectivity index (χ0) is 15.8. The first-order valence-electron chi connectivity index (χ1n) is 7.45. The van der Waals surface area contributed by atoms with Gasteiger partial charge in [-0.2, -0.15) is 0 Å². The number of benzene rings is 2. The maximum Gasteiger partial charge on any atom is 0.128 e. The average molecular weight is 299 g/mol. The lowest BCUT2D eigenvalue weighted by atomic mass is 10.2. The first kappa shape index (κ1) is 15.9. The van der Waals surface area contributed by atoms with Gasteiger partial charge in [0, 0.05) is 17.8 Å². The largest absolute Gasteiger partial charge is 0.507 e. The minimum Gasteiger partial charge on any atom is -0.507 e. The van der Waals surface area contributed by atoms with Gasteiger partial charge >= 0.3 is 0 Å². The number of phenols is 1. The number of nitrogens with zero attached hydrogens (tertiary/aromatic N) is 1. The smallest absolute Gasteiger partial charge is 0.128 e. The van der Waals surface area contributed by atoms with Crippen LogP contribution in [0.4, 0.5) is 5.69 Å². The average Bonchev–Trinajstić information content (AvgIpc) is 2.53. The summed E-state index contributed by atoms with van der Waals surface area (Å²) in [7, 11) is 0. The molecule has 2 aromatic carbocycles. The van der Waals surface area contributed by atoms with E-state index in [-0.39, 0.29) is 5.75 Å². The highest BCUT2D eigenvalue weighted by molar-refractivity contribution is 5.85. The molecule has 0 bridgehead atoms. The van der Waals surface area contributed by atoms with Gasteiger partial charge in [-0.05, 0) is 49.7 Å². The minimum atomic E-state index is 0.151. The summed E-state index contributed by atoms with van der Waals surface area (Å²) in [6.45, 7) is 5.25. The third-order valence-electron chi connectivity index (χ3n) is 2.98. The summed E-state index contributed by atoms with van der Waals surface area (Å²) >= 11 is 0. The van der Waals surface area contributed by atoms with Crippen molar-refractivity contribution in [3.8, 4) is 17.2 Å². The molecule has 2 rings (SSSR count). The molecule has 0 heterocycles. The summed E-state index contributed by atoms with van der Waals surface area (Å²) in [6.07, 6.45) is 2.61. The van der Waals surface area contributed by atoms with E-state index in [0.717, 1.165) is 17.9 Å². The van der Waals surface area contributed by atoms with Crippen LogP contribution in [0.2, 0.25) is 0 Å². The normalized spacial score (nSPS) is 10.8.